The molecule has 1 amide bonds. The number of hydrogen-bond donors (Lipinski definition) is 3. The van der Waals surface area contributed by atoms with Crippen LogP contribution in [0.3, 0.4) is 0 Å². The Morgan fingerprint density at radius 1 is 0.342 bits per heavy atom. The SMILES string of the molecule is CCCCCCCC/C=C\CCCCCCCCCC(=O)OCCCCCCCCCCCCCCCCCCCCCCCCCCCCCCCCCCCC(=O)NC(CO)C(O)CCCCCCCCCCCCCC. The van der Waals surface area contributed by atoms with E-state index in [0.29, 0.717) is 25.9 Å². The summed E-state index contributed by atoms with van der Waals surface area (Å²) < 4.78 is 5.51. The van der Waals surface area contributed by atoms with Gasteiger partial charge in [-0.15, -0.1) is 0 Å². The van der Waals surface area contributed by atoms with E-state index in [0.717, 1.165) is 38.5 Å². The summed E-state index contributed by atoms with van der Waals surface area (Å²) in [4.78, 5) is 24.6. The van der Waals surface area contributed by atoms with Crippen LogP contribution < -0.4 is 5.32 Å². The Morgan fingerprint density at radius 2 is 0.595 bits per heavy atom. The summed E-state index contributed by atoms with van der Waals surface area (Å²) >= 11 is 0. The van der Waals surface area contributed by atoms with E-state index in [-0.39, 0.29) is 18.5 Å². The summed E-state index contributed by atoms with van der Waals surface area (Å²) in [6, 6.07) is -0.536. The van der Waals surface area contributed by atoms with Crippen molar-refractivity contribution in [1.29, 1.82) is 0 Å². The molecule has 0 saturated carbocycles. The van der Waals surface area contributed by atoms with Gasteiger partial charge in [0.05, 0.1) is 25.4 Å². The molecule has 3 N–H and O–H groups in total. The number of aliphatic hydroxyl groups excluding tert-OH is 2. The van der Waals surface area contributed by atoms with E-state index in [4.69, 9.17) is 4.74 Å². The monoisotopic (exact) mass is 1110 g/mol. The van der Waals surface area contributed by atoms with Crippen LogP contribution in [0.1, 0.15) is 418 Å². The Hall–Kier alpha value is -1.40. The van der Waals surface area contributed by atoms with Crippen molar-refractivity contribution in [3.8, 4) is 0 Å². The molecule has 0 rings (SSSR count). The zero-order valence-corrected chi connectivity index (χ0v) is 53.9. The normalized spacial score (nSPS) is 12.5. The van der Waals surface area contributed by atoms with Crippen LogP contribution in [0.2, 0.25) is 0 Å². The molecule has 2 unspecified atom stereocenters. The van der Waals surface area contributed by atoms with Crippen LogP contribution in [0.5, 0.6) is 0 Å². The maximum Gasteiger partial charge on any atom is 0.305 e. The highest BCUT2D eigenvalue weighted by atomic mass is 16.5. The van der Waals surface area contributed by atoms with Gasteiger partial charge in [0, 0.05) is 12.8 Å². The van der Waals surface area contributed by atoms with Crippen molar-refractivity contribution in [1.82, 2.24) is 5.32 Å². The maximum absolute atomic E-state index is 12.5. The van der Waals surface area contributed by atoms with Crippen LogP contribution in [0.15, 0.2) is 12.2 Å². The third-order valence-corrected chi connectivity index (χ3v) is 17.3. The smallest absolute Gasteiger partial charge is 0.305 e. The van der Waals surface area contributed by atoms with Crippen LogP contribution in [-0.4, -0.2) is 47.4 Å². The quantitative estimate of drug-likeness (QED) is 0.0320. The van der Waals surface area contributed by atoms with Crippen LogP contribution >= 0.6 is 0 Å². The summed E-state index contributed by atoms with van der Waals surface area (Å²) in [6.45, 7) is 4.98. The Bertz CT molecular complexity index is 1190. The minimum Gasteiger partial charge on any atom is -0.466 e. The van der Waals surface area contributed by atoms with Crippen LogP contribution in [0.4, 0.5) is 0 Å². The van der Waals surface area contributed by atoms with Gasteiger partial charge in [0.25, 0.3) is 0 Å². The Kier molecular flexibility index (Phi) is 67.9. The highest BCUT2D eigenvalue weighted by molar-refractivity contribution is 5.76. The number of ether oxygens (including phenoxy) is 1. The van der Waals surface area contributed by atoms with Gasteiger partial charge in [-0.1, -0.05) is 366 Å². The number of hydrogen-bond acceptors (Lipinski definition) is 5. The van der Waals surface area contributed by atoms with Crippen LogP contribution in [0.25, 0.3) is 0 Å². The van der Waals surface area contributed by atoms with Gasteiger partial charge in [-0.25, -0.2) is 0 Å². The van der Waals surface area contributed by atoms with Crippen molar-refractivity contribution in [3.05, 3.63) is 12.2 Å². The third kappa shape index (κ3) is 65.6. The minimum absolute atomic E-state index is 0.0193. The van der Waals surface area contributed by atoms with E-state index >= 15 is 0 Å². The Morgan fingerprint density at radius 3 is 0.899 bits per heavy atom. The molecule has 0 aliphatic carbocycles. The summed E-state index contributed by atoms with van der Waals surface area (Å²) in [5, 5.41) is 23.3. The molecular weight excluding hydrogens is 971 g/mol. The molecule has 0 aromatic carbocycles. The second-order valence-corrected chi connectivity index (χ2v) is 25.3. The van der Waals surface area contributed by atoms with Gasteiger partial charge < -0.3 is 20.3 Å². The summed E-state index contributed by atoms with van der Waals surface area (Å²) in [7, 11) is 0. The molecule has 0 aromatic heterocycles. The minimum atomic E-state index is -0.659. The van der Waals surface area contributed by atoms with Crippen molar-refractivity contribution in [2.45, 2.75) is 431 Å². The number of esters is 1. The first-order valence-corrected chi connectivity index (χ1v) is 36.4. The fourth-order valence-corrected chi connectivity index (χ4v) is 11.8. The third-order valence-electron chi connectivity index (χ3n) is 17.3. The average Bonchev–Trinajstić information content (AvgIpc) is 3.45. The first-order valence-electron chi connectivity index (χ1n) is 36.4. The fourth-order valence-electron chi connectivity index (χ4n) is 11.8. The number of amides is 1. The largest absolute Gasteiger partial charge is 0.466 e. The number of nitrogens with one attached hydrogen (secondary N) is 1. The molecule has 0 heterocycles. The Balaban J connectivity index is 3.29. The van der Waals surface area contributed by atoms with Crippen LogP contribution in [0, 0.1) is 0 Å². The molecule has 6 heteroatoms. The fraction of sp³-hybridized carbons (Fsp3) is 0.945. The van der Waals surface area contributed by atoms with Crippen molar-refractivity contribution in [2.75, 3.05) is 13.2 Å². The number of allylic oxidation sites excluding steroid dienone is 2. The molecular formula is C73H143NO5. The second-order valence-electron chi connectivity index (χ2n) is 25.3. The maximum atomic E-state index is 12.5. The van der Waals surface area contributed by atoms with Crippen molar-refractivity contribution >= 4 is 11.9 Å². The number of carbonyl (C=O) groups excluding carboxylic acids is 2. The first-order chi connectivity index (χ1) is 39.0. The zero-order valence-electron chi connectivity index (χ0n) is 53.9. The lowest BCUT2D eigenvalue weighted by Gasteiger charge is -2.22. The molecule has 0 aliphatic heterocycles. The topological polar surface area (TPSA) is 95.9 Å². The van der Waals surface area contributed by atoms with Gasteiger partial charge >= 0.3 is 5.97 Å². The predicted molar refractivity (Wildman–Crippen MR) is 347 cm³/mol. The molecule has 0 spiro atoms. The lowest BCUT2D eigenvalue weighted by atomic mass is 10.0. The van der Waals surface area contributed by atoms with Crippen molar-refractivity contribution in [3.63, 3.8) is 0 Å². The standard InChI is InChI=1S/C73H143NO5/c1-3-5-7-9-11-13-15-17-18-36-40-43-47-51-55-59-63-67-73(78)79-68-64-60-56-52-48-44-41-38-35-33-31-29-27-25-23-21-19-20-22-24-26-28-30-32-34-37-39-42-46-50-54-58-62-66-72(77)74-70(69-75)71(76)65-61-57-53-49-45-16-14-12-10-8-6-4-2/h17-18,70-71,75-76H,3-16,19-69H2,1-2H3,(H,74,77)/b18-17-. The van der Waals surface area contributed by atoms with Gasteiger partial charge in [0.15, 0.2) is 0 Å². The van der Waals surface area contributed by atoms with Gasteiger partial charge in [-0.2, -0.15) is 0 Å². The van der Waals surface area contributed by atoms with E-state index < -0.39 is 12.1 Å². The first kappa shape index (κ1) is 77.6. The van der Waals surface area contributed by atoms with Crippen molar-refractivity contribution in [2.24, 2.45) is 0 Å². The molecule has 79 heavy (non-hydrogen) atoms. The molecule has 0 radical (unpaired) electrons. The van der Waals surface area contributed by atoms with Crippen molar-refractivity contribution < 1.29 is 24.5 Å². The zero-order chi connectivity index (χ0) is 57.1. The predicted octanol–water partition coefficient (Wildman–Crippen LogP) is 23.5. The Labute approximate surface area is 495 Å². The molecule has 0 fully saturated rings. The van der Waals surface area contributed by atoms with Gasteiger partial charge in [-0.3, -0.25) is 9.59 Å². The molecule has 0 aliphatic rings. The molecule has 0 saturated heterocycles. The number of rotatable bonds is 69. The highest BCUT2D eigenvalue weighted by Gasteiger charge is 2.20. The van der Waals surface area contributed by atoms with E-state index in [1.165, 1.54) is 347 Å². The molecule has 0 aromatic rings. The molecule has 2 atom stereocenters. The summed E-state index contributed by atoms with van der Waals surface area (Å²) in [6.07, 6.45) is 85.7. The molecule has 6 nitrogen and oxygen atoms in total. The lowest BCUT2D eigenvalue weighted by Crippen LogP contribution is -2.45. The molecule has 470 valence electrons. The summed E-state index contributed by atoms with van der Waals surface area (Å²) in [5.74, 6) is -0.00884. The number of unbranched alkanes of at least 4 members (excludes halogenated alkanes) is 56. The lowest BCUT2D eigenvalue weighted by molar-refractivity contribution is -0.143. The van der Waals surface area contributed by atoms with Gasteiger partial charge in [0.1, 0.15) is 0 Å². The van der Waals surface area contributed by atoms with Gasteiger partial charge in [0.2, 0.25) is 5.91 Å². The van der Waals surface area contributed by atoms with E-state index in [9.17, 15) is 19.8 Å². The second kappa shape index (κ2) is 69.1. The number of carbonyl (C=O) groups is 2. The van der Waals surface area contributed by atoms with E-state index in [2.05, 4.69) is 31.3 Å². The molecule has 0 bridgehead atoms. The van der Waals surface area contributed by atoms with Crippen LogP contribution in [-0.2, 0) is 14.3 Å². The number of aliphatic hydroxyl groups is 2. The average molecular weight is 1110 g/mol. The summed E-state index contributed by atoms with van der Waals surface area (Å²) in [5.41, 5.74) is 0. The highest BCUT2D eigenvalue weighted by Crippen LogP contribution is 2.19. The van der Waals surface area contributed by atoms with E-state index in [1.54, 1.807) is 0 Å². The van der Waals surface area contributed by atoms with Gasteiger partial charge in [-0.05, 0) is 51.4 Å². The van der Waals surface area contributed by atoms with E-state index in [1.807, 2.05) is 0 Å².